The monoisotopic (exact) mass is 671 g/mol. The van der Waals surface area contributed by atoms with Crippen molar-refractivity contribution in [3.8, 4) is 0 Å². The second-order valence-electron chi connectivity index (χ2n) is 14.6. The molecule has 1 fully saturated rings. The first-order valence-corrected chi connectivity index (χ1v) is 20.9. The first-order valence-electron chi connectivity index (χ1n) is 20.9. The van der Waals surface area contributed by atoms with E-state index in [9.17, 15) is 0 Å². The van der Waals surface area contributed by atoms with Gasteiger partial charge in [0.25, 0.3) is 0 Å². The van der Waals surface area contributed by atoms with Gasteiger partial charge in [-0.1, -0.05) is 140 Å². The molecule has 1 rings (SSSR count). The van der Waals surface area contributed by atoms with E-state index in [0.29, 0.717) is 6.04 Å². The van der Waals surface area contributed by atoms with Crippen LogP contribution in [-0.2, 0) is 9.47 Å². The molecule has 1 heterocycles. The van der Waals surface area contributed by atoms with E-state index < -0.39 is 5.91 Å². The quantitative estimate of drug-likeness (QED) is 0.0394. The summed E-state index contributed by atoms with van der Waals surface area (Å²) in [5.41, 5.74) is 0. The Morgan fingerprint density at radius 2 is 0.875 bits per heavy atom. The van der Waals surface area contributed by atoms with Crippen LogP contribution in [0.2, 0.25) is 0 Å². The summed E-state index contributed by atoms with van der Waals surface area (Å²) in [5.74, 6) is -0.602. The van der Waals surface area contributed by atoms with Crippen molar-refractivity contribution in [2.45, 2.75) is 194 Å². The van der Waals surface area contributed by atoms with Gasteiger partial charge < -0.3 is 9.47 Å². The maximum absolute atomic E-state index is 6.70. The molecule has 4 nitrogen and oxygen atoms in total. The van der Waals surface area contributed by atoms with Crippen LogP contribution in [0.1, 0.15) is 182 Å². The van der Waals surface area contributed by atoms with Crippen LogP contribution in [0.25, 0.3) is 0 Å². The first kappa shape index (κ1) is 44.8. The largest absolute Gasteiger partial charge is 0.336 e. The lowest BCUT2D eigenvalue weighted by Gasteiger charge is -2.50. The molecule has 0 N–H and O–H groups in total. The van der Waals surface area contributed by atoms with E-state index in [2.05, 4.69) is 93.2 Å². The summed E-state index contributed by atoms with van der Waals surface area (Å²) >= 11 is 0. The molecule has 0 saturated carbocycles. The lowest BCUT2D eigenvalue weighted by molar-refractivity contribution is -0.341. The van der Waals surface area contributed by atoms with Crippen LogP contribution in [0.4, 0.5) is 0 Å². The fraction of sp³-hybridized carbons (Fsp3) is 0.818. The van der Waals surface area contributed by atoms with Crippen molar-refractivity contribution in [3.05, 3.63) is 48.6 Å². The number of ether oxygens (including phenoxy) is 2. The van der Waals surface area contributed by atoms with Gasteiger partial charge in [-0.25, -0.2) is 4.90 Å². The van der Waals surface area contributed by atoms with Crippen molar-refractivity contribution in [2.75, 3.05) is 39.9 Å². The molecule has 0 bridgehead atoms. The molecule has 1 aliphatic rings. The molecule has 0 amide bonds. The van der Waals surface area contributed by atoms with Gasteiger partial charge in [0.05, 0.1) is 19.8 Å². The minimum Gasteiger partial charge on any atom is -0.336 e. The van der Waals surface area contributed by atoms with Crippen LogP contribution in [0, 0.1) is 0 Å². The minimum atomic E-state index is -0.602. The van der Waals surface area contributed by atoms with E-state index in [1.54, 1.807) is 0 Å². The molecule has 1 aliphatic heterocycles. The summed E-state index contributed by atoms with van der Waals surface area (Å²) in [6.07, 6.45) is 49.2. The molecular weight excluding hydrogens is 588 g/mol. The molecule has 0 radical (unpaired) electrons. The van der Waals surface area contributed by atoms with Crippen LogP contribution >= 0.6 is 0 Å². The zero-order valence-corrected chi connectivity index (χ0v) is 32.9. The second-order valence-corrected chi connectivity index (χ2v) is 14.6. The van der Waals surface area contributed by atoms with Gasteiger partial charge in [0.15, 0.2) is 0 Å². The lowest BCUT2D eigenvalue weighted by atomic mass is 10.1. The second kappa shape index (κ2) is 33.0. The lowest BCUT2D eigenvalue weighted by Crippen LogP contribution is -2.66. The molecule has 4 heteroatoms. The third kappa shape index (κ3) is 24.9. The smallest absolute Gasteiger partial charge is 0.243 e. The first-order chi connectivity index (χ1) is 23.6. The molecule has 0 aromatic rings. The number of allylic oxidation sites excluding steroid dienone is 8. The number of likely N-dealkylation sites (N-methyl/N-ethyl adjacent to an activating group) is 1. The van der Waals surface area contributed by atoms with Gasteiger partial charge in [-0.05, 0) is 97.9 Å². The Balaban J connectivity index is 2.20. The minimum absolute atomic E-state index is 0.408. The van der Waals surface area contributed by atoms with Crippen molar-refractivity contribution in [1.29, 1.82) is 0 Å². The third-order valence-electron chi connectivity index (χ3n) is 9.60. The maximum atomic E-state index is 6.70. The Labute approximate surface area is 300 Å². The molecular formula is C44H82N2O2. The molecule has 0 unspecified atom stereocenters. The van der Waals surface area contributed by atoms with Crippen molar-refractivity contribution in [2.24, 2.45) is 0 Å². The van der Waals surface area contributed by atoms with Crippen molar-refractivity contribution < 1.29 is 9.47 Å². The highest BCUT2D eigenvalue weighted by Gasteiger charge is 2.44. The van der Waals surface area contributed by atoms with Crippen LogP contribution in [0.5, 0.6) is 0 Å². The van der Waals surface area contributed by atoms with Gasteiger partial charge in [0.1, 0.15) is 0 Å². The Bertz CT molecular complexity index is 752. The molecule has 1 saturated heterocycles. The number of nitrogens with zero attached hydrogens (tertiary/aromatic N) is 2. The number of piperazine rings is 1. The SMILES string of the molecule is CCCCC/C=C\C/C=C\CCCCCCCCOC1(OCCCCCCCC/C=C\C/C=C\CCCCC)CN(C)CCN1C(C)C. The highest BCUT2D eigenvalue weighted by Crippen LogP contribution is 2.28. The topological polar surface area (TPSA) is 24.9 Å². The molecule has 280 valence electrons. The highest BCUT2D eigenvalue weighted by molar-refractivity contribution is 4.93. The molecule has 0 aliphatic carbocycles. The van der Waals surface area contributed by atoms with E-state index in [1.165, 1.54) is 128 Å². The van der Waals surface area contributed by atoms with Crippen molar-refractivity contribution >= 4 is 0 Å². The van der Waals surface area contributed by atoms with E-state index >= 15 is 0 Å². The Morgan fingerprint density at radius 1 is 0.500 bits per heavy atom. The fourth-order valence-corrected chi connectivity index (χ4v) is 6.55. The zero-order valence-electron chi connectivity index (χ0n) is 32.9. The Kier molecular flexibility index (Phi) is 30.8. The van der Waals surface area contributed by atoms with Gasteiger partial charge in [0.2, 0.25) is 5.91 Å². The van der Waals surface area contributed by atoms with Crippen LogP contribution in [0.3, 0.4) is 0 Å². The molecule has 0 spiro atoms. The normalized spacial score (nSPS) is 16.3. The van der Waals surface area contributed by atoms with Crippen molar-refractivity contribution in [1.82, 2.24) is 9.80 Å². The number of rotatable bonds is 33. The predicted molar refractivity (Wildman–Crippen MR) is 213 cm³/mol. The van der Waals surface area contributed by atoms with E-state index in [0.717, 1.165) is 58.5 Å². The third-order valence-corrected chi connectivity index (χ3v) is 9.60. The molecule has 0 aromatic heterocycles. The van der Waals surface area contributed by atoms with Gasteiger partial charge in [-0.2, -0.15) is 0 Å². The summed E-state index contributed by atoms with van der Waals surface area (Å²) in [5, 5.41) is 0. The summed E-state index contributed by atoms with van der Waals surface area (Å²) in [6, 6.07) is 0.408. The van der Waals surface area contributed by atoms with Crippen molar-refractivity contribution in [3.63, 3.8) is 0 Å². The fourth-order valence-electron chi connectivity index (χ4n) is 6.55. The van der Waals surface area contributed by atoms with E-state index in [1.807, 2.05) is 0 Å². The van der Waals surface area contributed by atoms with Gasteiger partial charge in [-0.3, -0.25) is 4.90 Å². The summed E-state index contributed by atoms with van der Waals surface area (Å²) in [6.45, 7) is 13.6. The maximum Gasteiger partial charge on any atom is 0.243 e. The number of unbranched alkanes of at least 4 members (excludes halogenated alkanes) is 18. The zero-order chi connectivity index (χ0) is 34.8. The number of hydrogen-bond acceptors (Lipinski definition) is 4. The van der Waals surface area contributed by atoms with Crippen LogP contribution < -0.4 is 0 Å². The molecule has 0 atom stereocenters. The van der Waals surface area contributed by atoms with Gasteiger partial charge in [-0.15, -0.1) is 0 Å². The van der Waals surface area contributed by atoms with Gasteiger partial charge >= 0.3 is 0 Å². The molecule has 0 aromatic carbocycles. The molecule has 48 heavy (non-hydrogen) atoms. The Hall–Kier alpha value is -1.20. The average Bonchev–Trinajstić information content (AvgIpc) is 3.07. The van der Waals surface area contributed by atoms with Crippen LogP contribution in [-0.4, -0.2) is 61.6 Å². The van der Waals surface area contributed by atoms with E-state index in [4.69, 9.17) is 9.47 Å². The number of hydrogen-bond donors (Lipinski definition) is 0. The van der Waals surface area contributed by atoms with E-state index in [-0.39, 0.29) is 0 Å². The summed E-state index contributed by atoms with van der Waals surface area (Å²) < 4.78 is 13.4. The Morgan fingerprint density at radius 3 is 1.27 bits per heavy atom. The highest BCUT2D eigenvalue weighted by atomic mass is 16.7. The average molecular weight is 671 g/mol. The summed E-state index contributed by atoms with van der Waals surface area (Å²) in [4.78, 5) is 4.86. The standard InChI is InChI=1S/C44H82N2O2/c1-6-8-10-12-14-16-18-20-22-24-26-28-30-32-34-36-40-47-44(42-45(5)38-39-46(44)43(3)4)48-41-37-35-33-31-29-27-25-23-21-19-17-15-13-11-9-7-2/h14-17,20-23,43H,6-13,18-19,24-42H2,1-5H3/b16-14-,17-15-,22-20-,23-21-. The van der Waals surface area contributed by atoms with Crippen LogP contribution in [0.15, 0.2) is 48.6 Å². The summed E-state index contributed by atoms with van der Waals surface area (Å²) in [7, 11) is 2.21. The van der Waals surface area contributed by atoms with Gasteiger partial charge in [0, 0.05) is 19.1 Å². The predicted octanol–water partition coefficient (Wildman–Crippen LogP) is 13.0.